The molecular formula is C23H26N2O3. The van der Waals surface area contributed by atoms with Crippen LogP contribution in [0.25, 0.3) is 10.9 Å². The van der Waals surface area contributed by atoms with Crippen LogP contribution in [0, 0.1) is 0 Å². The lowest BCUT2D eigenvalue weighted by molar-refractivity contribution is -0.122. The number of aryl methyl sites for hydroxylation is 1. The fraction of sp³-hybridized carbons (Fsp3) is 0.304. The quantitative estimate of drug-likeness (QED) is 0.600. The van der Waals surface area contributed by atoms with Crippen LogP contribution in [0.1, 0.15) is 32.8 Å². The average molecular weight is 378 g/mol. The van der Waals surface area contributed by atoms with Crippen LogP contribution in [0.4, 0.5) is 5.69 Å². The molecule has 5 nitrogen and oxygen atoms in total. The fourth-order valence-corrected chi connectivity index (χ4v) is 2.88. The van der Waals surface area contributed by atoms with Gasteiger partial charge >= 0.3 is 0 Å². The first kappa shape index (κ1) is 19.7. The van der Waals surface area contributed by atoms with E-state index in [-0.39, 0.29) is 5.91 Å². The number of hydrogen-bond donors (Lipinski definition) is 1. The molecule has 28 heavy (non-hydrogen) atoms. The number of carbonyl (C=O) groups excluding carboxylic acids is 1. The van der Waals surface area contributed by atoms with Gasteiger partial charge in [0.25, 0.3) is 5.91 Å². The molecule has 2 aromatic carbocycles. The molecule has 0 unspecified atom stereocenters. The lowest BCUT2D eigenvalue weighted by Crippen LogP contribution is -2.30. The van der Waals surface area contributed by atoms with Gasteiger partial charge in [0.05, 0.1) is 12.3 Å². The maximum atomic E-state index is 12.7. The number of aromatic nitrogens is 1. The van der Waals surface area contributed by atoms with Crippen molar-refractivity contribution < 1.29 is 14.3 Å². The smallest absolute Gasteiger partial charge is 0.265 e. The Bertz CT molecular complexity index is 938. The van der Waals surface area contributed by atoms with Crippen molar-refractivity contribution in [3.63, 3.8) is 0 Å². The lowest BCUT2D eigenvalue weighted by Gasteiger charge is -2.16. The summed E-state index contributed by atoms with van der Waals surface area (Å²) < 4.78 is 11.6. The summed E-state index contributed by atoms with van der Waals surface area (Å²) in [7, 11) is 0. The lowest BCUT2D eigenvalue weighted by atomic mass is 10.1. The number of benzene rings is 2. The average Bonchev–Trinajstić information content (AvgIpc) is 2.73. The molecule has 1 amide bonds. The molecule has 1 N–H and O–H groups in total. The van der Waals surface area contributed by atoms with Crippen molar-refractivity contribution >= 4 is 22.5 Å². The minimum atomic E-state index is -0.629. The standard InChI is InChI=1S/C23H26N2O3/c1-4-15-27-21-13-12-20(19-7-6-14-24-22(19)21)25-23(26)16(3)28-18-10-8-17(5-2)9-11-18/h6-14,16H,4-5,15H2,1-3H3,(H,25,26)/t16-/m0/s1. The molecule has 3 aromatic rings. The largest absolute Gasteiger partial charge is 0.491 e. The number of anilines is 1. The number of nitrogens with zero attached hydrogens (tertiary/aromatic N) is 1. The van der Waals surface area contributed by atoms with Crippen molar-refractivity contribution in [3.8, 4) is 11.5 Å². The minimum absolute atomic E-state index is 0.216. The third-order valence-electron chi connectivity index (χ3n) is 4.47. The molecule has 0 saturated carbocycles. The topological polar surface area (TPSA) is 60.5 Å². The predicted molar refractivity (Wildman–Crippen MR) is 112 cm³/mol. The van der Waals surface area contributed by atoms with Gasteiger partial charge in [0.1, 0.15) is 17.0 Å². The van der Waals surface area contributed by atoms with Crippen molar-refractivity contribution in [2.75, 3.05) is 11.9 Å². The number of amides is 1. The highest BCUT2D eigenvalue weighted by molar-refractivity contribution is 6.04. The highest BCUT2D eigenvalue weighted by Crippen LogP contribution is 2.30. The number of rotatable bonds is 8. The Morgan fingerprint density at radius 2 is 1.89 bits per heavy atom. The number of hydrogen-bond acceptors (Lipinski definition) is 4. The Balaban J connectivity index is 1.74. The molecule has 0 aliphatic rings. The zero-order valence-electron chi connectivity index (χ0n) is 16.6. The summed E-state index contributed by atoms with van der Waals surface area (Å²) in [5.41, 5.74) is 2.65. The van der Waals surface area contributed by atoms with E-state index in [9.17, 15) is 4.79 Å². The normalized spacial score (nSPS) is 11.8. The van der Waals surface area contributed by atoms with E-state index in [2.05, 4.69) is 24.1 Å². The van der Waals surface area contributed by atoms with Gasteiger partial charge in [-0.2, -0.15) is 0 Å². The first-order chi connectivity index (χ1) is 13.6. The Morgan fingerprint density at radius 3 is 2.61 bits per heavy atom. The van der Waals surface area contributed by atoms with Gasteiger partial charge in [-0.15, -0.1) is 0 Å². The molecule has 5 heteroatoms. The van der Waals surface area contributed by atoms with Gasteiger partial charge in [0, 0.05) is 11.6 Å². The minimum Gasteiger partial charge on any atom is -0.491 e. The van der Waals surface area contributed by atoms with Crippen molar-refractivity contribution in [1.29, 1.82) is 0 Å². The van der Waals surface area contributed by atoms with Crippen molar-refractivity contribution in [1.82, 2.24) is 4.98 Å². The van der Waals surface area contributed by atoms with Crippen LogP contribution in [0.5, 0.6) is 11.5 Å². The molecule has 0 saturated heterocycles. The van der Waals surface area contributed by atoms with E-state index in [1.54, 1.807) is 13.1 Å². The molecule has 1 heterocycles. The third kappa shape index (κ3) is 4.60. The number of nitrogens with one attached hydrogen (secondary N) is 1. The first-order valence-electron chi connectivity index (χ1n) is 9.69. The SMILES string of the molecule is CCCOc1ccc(NC(=O)[C@H](C)Oc2ccc(CC)cc2)c2cccnc12. The number of fused-ring (bicyclic) bond motifs is 1. The zero-order valence-corrected chi connectivity index (χ0v) is 16.6. The molecule has 0 spiro atoms. The van der Waals surface area contributed by atoms with E-state index in [1.807, 2.05) is 48.5 Å². The molecule has 146 valence electrons. The van der Waals surface area contributed by atoms with Gasteiger partial charge in [0.2, 0.25) is 0 Å². The van der Waals surface area contributed by atoms with Crippen LogP contribution in [-0.2, 0) is 11.2 Å². The molecule has 0 aliphatic carbocycles. The highest BCUT2D eigenvalue weighted by Gasteiger charge is 2.17. The second kappa shape index (κ2) is 9.22. The van der Waals surface area contributed by atoms with Crippen molar-refractivity contribution in [2.45, 2.75) is 39.7 Å². The monoisotopic (exact) mass is 378 g/mol. The van der Waals surface area contributed by atoms with E-state index in [4.69, 9.17) is 9.47 Å². The molecule has 3 rings (SSSR count). The summed E-state index contributed by atoms with van der Waals surface area (Å²) in [6.07, 6.45) is 2.98. The van der Waals surface area contributed by atoms with Crippen LogP contribution >= 0.6 is 0 Å². The second-order valence-corrected chi connectivity index (χ2v) is 6.61. The van der Waals surface area contributed by atoms with Crippen LogP contribution in [0.15, 0.2) is 54.7 Å². The van der Waals surface area contributed by atoms with E-state index in [0.29, 0.717) is 18.0 Å². The van der Waals surface area contributed by atoms with Gasteiger partial charge < -0.3 is 14.8 Å². The molecule has 0 fully saturated rings. The van der Waals surface area contributed by atoms with E-state index in [1.165, 1.54) is 5.56 Å². The van der Waals surface area contributed by atoms with Crippen LogP contribution < -0.4 is 14.8 Å². The number of carbonyl (C=O) groups is 1. The Morgan fingerprint density at radius 1 is 1.11 bits per heavy atom. The molecule has 1 atom stereocenters. The highest BCUT2D eigenvalue weighted by atomic mass is 16.5. The number of pyridine rings is 1. The van der Waals surface area contributed by atoms with Gasteiger partial charge in [-0.3, -0.25) is 9.78 Å². The van der Waals surface area contributed by atoms with Gasteiger partial charge in [-0.05, 0) is 61.7 Å². The van der Waals surface area contributed by atoms with Gasteiger partial charge in [-0.25, -0.2) is 0 Å². The Hall–Kier alpha value is -3.08. The molecule has 0 bridgehead atoms. The second-order valence-electron chi connectivity index (χ2n) is 6.61. The number of ether oxygens (including phenoxy) is 2. The summed E-state index contributed by atoms with van der Waals surface area (Å²) in [5, 5.41) is 3.79. The molecule has 1 aromatic heterocycles. The summed E-state index contributed by atoms with van der Waals surface area (Å²) in [4.78, 5) is 17.1. The third-order valence-corrected chi connectivity index (χ3v) is 4.47. The summed E-state index contributed by atoms with van der Waals surface area (Å²) in [6.45, 7) is 6.52. The van der Waals surface area contributed by atoms with E-state index >= 15 is 0 Å². The van der Waals surface area contributed by atoms with E-state index < -0.39 is 6.10 Å². The first-order valence-corrected chi connectivity index (χ1v) is 9.69. The maximum Gasteiger partial charge on any atom is 0.265 e. The van der Waals surface area contributed by atoms with E-state index in [0.717, 1.165) is 29.5 Å². The van der Waals surface area contributed by atoms with Gasteiger partial charge in [-0.1, -0.05) is 26.0 Å². The van der Waals surface area contributed by atoms with Gasteiger partial charge in [0.15, 0.2) is 6.10 Å². The Kier molecular flexibility index (Phi) is 6.48. The van der Waals surface area contributed by atoms with Crippen LogP contribution in [0.2, 0.25) is 0 Å². The Labute approximate surface area is 165 Å². The molecular weight excluding hydrogens is 352 g/mol. The predicted octanol–water partition coefficient (Wildman–Crippen LogP) is 4.99. The summed E-state index contributed by atoms with van der Waals surface area (Å²) in [6, 6.07) is 15.2. The van der Waals surface area contributed by atoms with Crippen molar-refractivity contribution in [3.05, 3.63) is 60.3 Å². The molecule has 0 radical (unpaired) electrons. The fourth-order valence-electron chi connectivity index (χ4n) is 2.88. The molecule has 0 aliphatic heterocycles. The van der Waals surface area contributed by atoms with Crippen molar-refractivity contribution in [2.24, 2.45) is 0 Å². The zero-order chi connectivity index (χ0) is 19.9. The van der Waals surface area contributed by atoms with Crippen LogP contribution in [-0.4, -0.2) is 23.6 Å². The summed E-state index contributed by atoms with van der Waals surface area (Å²) in [5.74, 6) is 1.18. The van der Waals surface area contributed by atoms with Crippen LogP contribution in [0.3, 0.4) is 0 Å². The maximum absolute atomic E-state index is 12.7. The summed E-state index contributed by atoms with van der Waals surface area (Å²) >= 11 is 0.